The van der Waals surface area contributed by atoms with Gasteiger partial charge in [-0.05, 0) is 61.5 Å². The van der Waals surface area contributed by atoms with Gasteiger partial charge in [0, 0.05) is 11.7 Å². The molecule has 1 aromatic carbocycles. The number of hydrogen-bond acceptors (Lipinski definition) is 1. The maximum absolute atomic E-state index is 5.49. The molecule has 3 atom stereocenters. The van der Waals surface area contributed by atoms with Gasteiger partial charge in [0.1, 0.15) is 0 Å². The summed E-state index contributed by atoms with van der Waals surface area (Å²) < 4.78 is 0. The van der Waals surface area contributed by atoms with Crippen LogP contribution >= 0.6 is 12.2 Å². The summed E-state index contributed by atoms with van der Waals surface area (Å²) in [4.78, 5) is 0. The lowest BCUT2D eigenvalue weighted by Gasteiger charge is -2.35. The lowest BCUT2D eigenvalue weighted by atomic mass is 9.78. The van der Waals surface area contributed by atoms with E-state index in [2.05, 4.69) is 56.5 Å². The van der Waals surface area contributed by atoms with Crippen molar-refractivity contribution < 1.29 is 0 Å². The minimum atomic E-state index is 0.504. The summed E-state index contributed by atoms with van der Waals surface area (Å²) in [6.07, 6.45) is 3.87. The molecule has 2 nitrogen and oxygen atoms in total. The molecule has 0 amide bonds. The van der Waals surface area contributed by atoms with Gasteiger partial charge in [0.05, 0.1) is 0 Å². The van der Waals surface area contributed by atoms with Crippen molar-refractivity contribution in [3.05, 3.63) is 29.3 Å². The van der Waals surface area contributed by atoms with Gasteiger partial charge in [-0.3, -0.25) is 0 Å². The number of anilines is 1. The molecule has 0 unspecified atom stereocenters. The van der Waals surface area contributed by atoms with Crippen LogP contribution in [0.4, 0.5) is 5.69 Å². The lowest BCUT2D eigenvalue weighted by molar-refractivity contribution is 0.225. The Labute approximate surface area is 128 Å². The fourth-order valence-corrected chi connectivity index (χ4v) is 3.26. The van der Waals surface area contributed by atoms with Gasteiger partial charge in [0.25, 0.3) is 0 Å². The Kier molecular flexibility index (Phi) is 5.03. The Morgan fingerprint density at radius 3 is 2.70 bits per heavy atom. The molecular weight excluding hydrogens is 264 g/mol. The molecule has 0 saturated heterocycles. The summed E-state index contributed by atoms with van der Waals surface area (Å²) in [7, 11) is 0. The van der Waals surface area contributed by atoms with E-state index in [1.807, 2.05) is 0 Å². The third-order valence-electron chi connectivity index (χ3n) is 4.88. The third-order valence-corrected chi connectivity index (χ3v) is 5.10. The predicted octanol–water partition coefficient (Wildman–Crippen LogP) is 4.41. The van der Waals surface area contributed by atoms with Crippen molar-refractivity contribution in [2.75, 3.05) is 5.32 Å². The maximum Gasteiger partial charge on any atom is 0.171 e. The van der Waals surface area contributed by atoms with E-state index in [0.717, 1.165) is 16.7 Å². The van der Waals surface area contributed by atoms with E-state index in [4.69, 9.17) is 12.2 Å². The second-order valence-electron chi connectivity index (χ2n) is 6.22. The molecule has 2 rings (SSSR count). The van der Waals surface area contributed by atoms with Crippen molar-refractivity contribution in [1.29, 1.82) is 0 Å². The molecule has 0 radical (unpaired) electrons. The molecule has 0 aromatic heterocycles. The quantitative estimate of drug-likeness (QED) is 0.789. The van der Waals surface area contributed by atoms with Crippen LogP contribution in [0.5, 0.6) is 0 Å². The molecular formula is C17H26N2S. The van der Waals surface area contributed by atoms with Gasteiger partial charge in [-0.2, -0.15) is 0 Å². The van der Waals surface area contributed by atoms with Crippen LogP contribution in [-0.2, 0) is 0 Å². The Morgan fingerprint density at radius 1 is 1.20 bits per heavy atom. The predicted molar refractivity (Wildman–Crippen MR) is 91.2 cm³/mol. The molecule has 1 fully saturated rings. The Bertz CT molecular complexity index is 484. The highest BCUT2D eigenvalue weighted by atomic mass is 32.1. The van der Waals surface area contributed by atoms with Crippen LogP contribution in [0.3, 0.4) is 0 Å². The first-order valence-corrected chi connectivity index (χ1v) is 8.03. The van der Waals surface area contributed by atoms with E-state index in [9.17, 15) is 0 Å². The SMILES string of the molecule is Cc1cccc(NC(=S)N[C@H]2CCC[C@H](C)[C@H]2C)c1C. The normalized spacial score (nSPS) is 26.1. The number of aryl methyl sites for hydroxylation is 1. The van der Waals surface area contributed by atoms with Crippen LogP contribution < -0.4 is 10.6 Å². The second kappa shape index (κ2) is 6.57. The van der Waals surface area contributed by atoms with Crippen molar-refractivity contribution in [3.63, 3.8) is 0 Å². The van der Waals surface area contributed by atoms with Gasteiger partial charge < -0.3 is 10.6 Å². The molecule has 1 saturated carbocycles. The van der Waals surface area contributed by atoms with E-state index in [-0.39, 0.29) is 0 Å². The summed E-state index contributed by atoms with van der Waals surface area (Å²) >= 11 is 5.49. The molecule has 110 valence electrons. The fraction of sp³-hybridized carbons (Fsp3) is 0.588. The molecule has 0 heterocycles. The topological polar surface area (TPSA) is 24.1 Å². The maximum atomic E-state index is 5.49. The molecule has 1 aromatic rings. The van der Waals surface area contributed by atoms with Crippen molar-refractivity contribution in [1.82, 2.24) is 5.32 Å². The van der Waals surface area contributed by atoms with Crippen LogP contribution in [0.2, 0.25) is 0 Å². The molecule has 20 heavy (non-hydrogen) atoms. The van der Waals surface area contributed by atoms with E-state index in [0.29, 0.717) is 12.0 Å². The van der Waals surface area contributed by atoms with Gasteiger partial charge in [-0.1, -0.05) is 38.8 Å². The second-order valence-corrected chi connectivity index (χ2v) is 6.63. The highest BCUT2D eigenvalue weighted by molar-refractivity contribution is 7.80. The summed E-state index contributed by atoms with van der Waals surface area (Å²) in [5.41, 5.74) is 3.66. The van der Waals surface area contributed by atoms with Crippen LogP contribution in [0.25, 0.3) is 0 Å². The molecule has 0 aliphatic heterocycles. The molecule has 0 bridgehead atoms. The van der Waals surface area contributed by atoms with Gasteiger partial charge in [-0.15, -0.1) is 0 Å². The molecule has 1 aliphatic carbocycles. The first-order chi connectivity index (χ1) is 9.49. The number of hydrogen-bond donors (Lipinski definition) is 2. The first kappa shape index (κ1) is 15.3. The van der Waals surface area contributed by atoms with Crippen LogP contribution in [0.1, 0.15) is 44.2 Å². The highest BCUT2D eigenvalue weighted by Crippen LogP contribution is 2.29. The highest BCUT2D eigenvalue weighted by Gasteiger charge is 2.27. The Hall–Kier alpha value is -1.09. The first-order valence-electron chi connectivity index (χ1n) is 7.62. The van der Waals surface area contributed by atoms with Gasteiger partial charge in [0.2, 0.25) is 0 Å². The van der Waals surface area contributed by atoms with Crippen molar-refractivity contribution in [2.24, 2.45) is 11.8 Å². The molecule has 1 aliphatic rings. The van der Waals surface area contributed by atoms with Gasteiger partial charge in [-0.25, -0.2) is 0 Å². The fourth-order valence-electron chi connectivity index (χ4n) is 3.00. The minimum absolute atomic E-state index is 0.504. The molecule has 0 spiro atoms. The third kappa shape index (κ3) is 3.51. The molecule has 3 heteroatoms. The number of rotatable bonds is 2. The standard InChI is InChI=1S/C17H26N2S/c1-11-7-5-9-15(13(11)3)18-17(20)19-16-10-6-8-12(2)14(16)4/h5,7,9,12,14,16H,6,8,10H2,1-4H3,(H2,18,19,20)/t12-,14+,16-/m0/s1. The zero-order chi connectivity index (χ0) is 14.7. The van der Waals surface area contributed by atoms with E-state index in [1.165, 1.54) is 30.4 Å². The summed E-state index contributed by atoms with van der Waals surface area (Å²) in [5.74, 6) is 1.46. The summed E-state index contributed by atoms with van der Waals surface area (Å²) in [6, 6.07) is 6.79. The zero-order valence-electron chi connectivity index (χ0n) is 13.0. The van der Waals surface area contributed by atoms with E-state index < -0.39 is 0 Å². The van der Waals surface area contributed by atoms with Crippen LogP contribution in [0, 0.1) is 25.7 Å². The average Bonchev–Trinajstić information content (AvgIpc) is 2.40. The largest absolute Gasteiger partial charge is 0.359 e. The smallest absolute Gasteiger partial charge is 0.171 e. The Balaban J connectivity index is 1.97. The summed E-state index contributed by atoms with van der Waals surface area (Å²) in [5, 5.41) is 7.62. The summed E-state index contributed by atoms with van der Waals surface area (Å²) in [6.45, 7) is 8.94. The monoisotopic (exact) mass is 290 g/mol. The van der Waals surface area contributed by atoms with E-state index in [1.54, 1.807) is 0 Å². The van der Waals surface area contributed by atoms with Crippen molar-refractivity contribution in [3.8, 4) is 0 Å². The van der Waals surface area contributed by atoms with Gasteiger partial charge >= 0.3 is 0 Å². The Morgan fingerprint density at radius 2 is 1.95 bits per heavy atom. The average molecular weight is 290 g/mol. The van der Waals surface area contributed by atoms with Crippen LogP contribution in [0.15, 0.2) is 18.2 Å². The number of nitrogens with one attached hydrogen (secondary N) is 2. The number of benzene rings is 1. The van der Waals surface area contributed by atoms with E-state index >= 15 is 0 Å². The zero-order valence-corrected chi connectivity index (χ0v) is 13.8. The van der Waals surface area contributed by atoms with Crippen LogP contribution in [-0.4, -0.2) is 11.2 Å². The van der Waals surface area contributed by atoms with Gasteiger partial charge in [0.15, 0.2) is 5.11 Å². The molecule has 2 N–H and O–H groups in total. The lowest BCUT2D eigenvalue weighted by Crippen LogP contribution is -2.45. The van der Waals surface area contributed by atoms with Crippen molar-refractivity contribution >= 4 is 23.0 Å². The van der Waals surface area contributed by atoms with Crippen molar-refractivity contribution in [2.45, 2.75) is 53.0 Å². The minimum Gasteiger partial charge on any atom is -0.359 e. The number of thiocarbonyl (C=S) groups is 1.